The third-order valence-corrected chi connectivity index (χ3v) is 3.44. The maximum Gasteiger partial charge on any atom is 0.270 e. The monoisotopic (exact) mass is 254 g/mol. The Morgan fingerprint density at radius 1 is 1.29 bits per heavy atom. The molecule has 0 bridgehead atoms. The molecule has 1 aliphatic heterocycles. The minimum absolute atomic E-state index is 0.0531. The van der Waals surface area contributed by atoms with Crippen LogP contribution >= 0.6 is 11.6 Å². The van der Waals surface area contributed by atoms with Gasteiger partial charge in [-0.2, -0.15) is 0 Å². The first-order chi connectivity index (χ1) is 8.16. The maximum absolute atomic E-state index is 10.6. The van der Waals surface area contributed by atoms with Gasteiger partial charge in [0.25, 0.3) is 5.69 Å². The van der Waals surface area contributed by atoms with Crippen LogP contribution in [0.1, 0.15) is 24.8 Å². The summed E-state index contributed by atoms with van der Waals surface area (Å²) < 4.78 is 0. The zero-order valence-electron chi connectivity index (χ0n) is 9.56. The van der Waals surface area contributed by atoms with Crippen LogP contribution in [0, 0.1) is 10.1 Å². The molecule has 0 spiro atoms. The Hall–Kier alpha value is -1.13. The van der Waals surface area contributed by atoms with Gasteiger partial charge in [0.1, 0.15) is 0 Å². The van der Waals surface area contributed by atoms with Crippen LogP contribution in [0.3, 0.4) is 0 Å². The highest BCUT2D eigenvalue weighted by molar-refractivity contribution is 6.31. The van der Waals surface area contributed by atoms with Crippen molar-refractivity contribution in [1.82, 2.24) is 4.90 Å². The summed E-state index contributed by atoms with van der Waals surface area (Å²) >= 11 is 6.06. The van der Waals surface area contributed by atoms with E-state index in [0.29, 0.717) is 5.02 Å². The lowest BCUT2D eigenvalue weighted by Crippen LogP contribution is -2.29. The molecule has 1 aromatic carbocycles. The summed E-state index contributed by atoms with van der Waals surface area (Å²) in [7, 11) is 0. The fourth-order valence-corrected chi connectivity index (χ4v) is 2.37. The number of piperidine rings is 1. The molecule has 0 amide bonds. The first kappa shape index (κ1) is 12.3. The molecule has 1 fully saturated rings. The second kappa shape index (κ2) is 5.47. The van der Waals surface area contributed by atoms with Crippen LogP contribution in [0.4, 0.5) is 5.69 Å². The Morgan fingerprint density at radius 3 is 2.59 bits per heavy atom. The topological polar surface area (TPSA) is 46.4 Å². The van der Waals surface area contributed by atoms with Crippen molar-refractivity contribution < 1.29 is 4.92 Å². The highest BCUT2D eigenvalue weighted by Gasteiger charge is 2.14. The largest absolute Gasteiger partial charge is 0.299 e. The molecule has 0 N–H and O–H groups in total. The molecule has 0 saturated carbocycles. The Labute approximate surface area is 105 Å². The SMILES string of the molecule is O=[N+]([O-])c1ccc(CN2CCCCC2)c(Cl)c1. The molecule has 0 atom stereocenters. The summed E-state index contributed by atoms with van der Waals surface area (Å²) in [5.74, 6) is 0. The van der Waals surface area contributed by atoms with E-state index < -0.39 is 4.92 Å². The van der Waals surface area contributed by atoms with E-state index in [1.165, 1.54) is 31.4 Å². The molecule has 2 rings (SSSR count). The van der Waals surface area contributed by atoms with Crippen LogP contribution in [0.5, 0.6) is 0 Å². The van der Waals surface area contributed by atoms with Crippen LogP contribution in [-0.4, -0.2) is 22.9 Å². The Kier molecular flexibility index (Phi) is 3.97. The number of hydrogen-bond donors (Lipinski definition) is 0. The number of halogens is 1. The van der Waals surface area contributed by atoms with Crippen molar-refractivity contribution in [3.8, 4) is 0 Å². The lowest BCUT2D eigenvalue weighted by Gasteiger charge is -2.26. The Balaban J connectivity index is 2.08. The summed E-state index contributed by atoms with van der Waals surface area (Å²) in [5.41, 5.74) is 1.02. The summed E-state index contributed by atoms with van der Waals surface area (Å²) in [6.07, 6.45) is 3.75. The number of non-ortho nitro benzene ring substituents is 1. The molecule has 0 radical (unpaired) electrons. The third kappa shape index (κ3) is 3.17. The van der Waals surface area contributed by atoms with Gasteiger partial charge in [-0.25, -0.2) is 0 Å². The van der Waals surface area contributed by atoms with Crippen molar-refractivity contribution in [1.29, 1.82) is 0 Å². The lowest BCUT2D eigenvalue weighted by molar-refractivity contribution is -0.384. The molecule has 5 heteroatoms. The molecular weight excluding hydrogens is 240 g/mol. The fourth-order valence-electron chi connectivity index (χ4n) is 2.14. The normalized spacial score (nSPS) is 17.0. The van der Waals surface area contributed by atoms with Gasteiger partial charge in [0.05, 0.1) is 9.95 Å². The predicted octanol–water partition coefficient (Wildman–Crippen LogP) is 3.23. The van der Waals surface area contributed by atoms with E-state index in [-0.39, 0.29) is 5.69 Å². The van der Waals surface area contributed by atoms with Crippen LogP contribution in [0.2, 0.25) is 5.02 Å². The van der Waals surface area contributed by atoms with Gasteiger partial charge in [-0.15, -0.1) is 0 Å². The summed E-state index contributed by atoms with van der Waals surface area (Å²) in [5, 5.41) is 11.1. The number of likely N-dealkylation sites (tertiary alicyclic amines) is 1. The lowest BCUT2D eigenvalue weighted by atomic mass is 10.1. The standard InChI is InChI=1S/C12H15ClN2O2/c13-12-8-11(15(16)17)5-4-10(12)9-14-6-2-1-3-7-14/h4-5,8H,1-3,6-7,9H2. The van der Waals surface area contributed by atoms with E-state index in [0.717, 1.165) is 25.2 Å². The molecule has 4 nitrogen and oxygen atoms in total. The molecule has 1 aromatic rings. The van der Waals surface area contributed by atoms with E-state index >= 15 is 0 Å². The molecule has 1 aliphatic rings. The van der Waals surface area contributed by atoms with Gasteiger partial charge in [0.2, 0.25) is 0 Å². The van der Waals surface area contributed by atoms with Gasteiger partial charge in [-0.3, -0.25) is 15.0 Å². The van der Waals surface area contributed by atoms with E-state index in [1.807, 2.05) is 0 Å². The van der Waals surface area contributed by atoms with Crippen molar-refractivity contribution in [2.24, 2.45) is 0 Å². The first-order valence-electron chi connectivity index (χ1n) is 5.82. The number of benzene rings is 1. The second-order valence-corrected chi connectivity index (χ2v) is 4.78. The van der Waals surface area contributed by atoms with Crippen molar-refractivity contribution >= 4 is 17.3 Å². The highest BCUT2D eigenvalue weighted by Crippen LogP contribution is 2.24. The van der Waals surface area contributed by atoms with Crippen molar-refractivity contribution in [2.75, 3.05) is 13.1 Å². The Bertz CT molecular complexity index is 417. The Morgan fingerprint density at radius 2 is 2.00 bits per heavy atom. The first-order valence-corrected chi connectivity index (χ1v) is 6.20. The minimum atomic E-state index is -0.420. The molecule has 0 aromatic heterocycles. The number of rotatable bonds is 3. The average Bonchev–Trinajstić information content (AvgIpc) is 2.33. The van der Waals surface area contributed by atoms with Gasteiger partial charge in [-0.1, -0.05) is 18.0 Å². The van der Waals surface area contributed by atoms with Crippen LogP contribution in [-0.2, 0) is 6.54 Å². The molecule has 17 heavy (non-hydrogen) atoms. The second-order valence-electron chi connectivity index (χ2n) is 4.37. The van der Waals surface area contributed by atoms with Gasteiger partial charge in [0, 0.05) is 18.7 Å². The van der Waals surface area contributed by atoms with E-state index in [1.54, 1.807) is 6.07 Å². The number of nitro groups is 1. The quantitative estimate of drug-likeness (QED) is 0.615. The molecule has 92 valence electrons. The van der Waals surface area contributed by atoms with Crippen LogP contribution < -0.4 is 0 Å². The molecule has 0 unspecified atom stereocenters. The molecule has 0 aliphatic carbocycles. The average molecular weight is 255 g/mol. The smallest absolute Gasteiger partial charge is 0.270 e. The van der Waals surface area contributed by atoms with Crippen molar-refractivity contribution in [3.05, 3.63) is 38.9 Å². The van der Waals surface area contributed by atoms with Crippen molar-refractivity contribution in [2.45, 2.75) is 25.8 Å². The van der Waals surface area contributed by atoms with Gasteiger partial charge in [-0.05, 0) is 37.6 Å². The minimum Gasteiger partial charge on any atom is -0.299 e. The molecule has 1 heterocycles. The van der Waals surface area contributed by atoms with E-state index in [4.69, 9.17) is 11.6 Å². The fraction of sp³-hybridized carbons (Fsp3) is 0.500. The summed E-state index contributed by atoms with van der Waals surface area (Å²) in [6, 6.07) is 4.71. The third-order valence-electron chi connectivity index (χ3n) is 3.09. The number of hydrogen-bond acceptors (Lipinski definition) is 3. The molecule has 1 saturated heterocycles. The zero-order valence-corrected chi connectivity index (χ0v) is 10.3. The molecular formula is C12H15ClN2O2. The van der Waals surface area contributed by atoms with Crippen molar-refractivity contribution in [3.63, 3.8) is 0 Å². The van der Waals surface area contributed by atoms with Crippen LogP contribution in [0.15, 0.2) is 18.2 Å². The van der Waals surface area contributed by atoms with Gasteiger partial charge in [0.15, 0.2) is 0 Å². The zero-order chi connectivity index (χ0) is 12.3. The maximum atomic E-state index is 10.6. The van der Waals surface area contributed by atoms with E-state index in [2.05, 4.69) is 4.90 Å². The van der Waals surface area contributed by atoms with Crippen LogP contribution in [0.25, 0.3) is 0 Å². The number of nitro benzene ring substituents is 1. The van der Waals surface area contributed by atoms with Gasteiger partial charge >= 0.3 is 0 Å². The predicted molar refractivity (Wildman–Crippen MR) is 67.2 cm³/mol. The van der Waals surface area contributed by atoms with E-state index in [9.17, 15) is 10.1 Å². The summed E-state index contributed by atoms with van der Waals surface area (Å²) in [6.45, 7) is 2.97. The summed E-state index contributed by atoms with van der Waals surface area (Å²) in [4.78, 5) is 12.5. The number of nitrogens with zero attached hydrogens (tertiary/aromatic N) is 2. The van der Waals surface area contributed by atoms with Gasteiger partial charge < -0.3 is 0 Å². The highest BCUT2D eigenvalue weighted by atomic mass is 35.5.